The van der Waals surface area contributed by atoms with E-state index < -0.39 is 16.0 Å². The van der Waals surface area contributed by atoms with E-state index in [-0.39, 0.29) is 42.0 Å². The topological polar surface area (TPSA) is 81.5 Å². The van der Waals surface area contributed by atoms with Gasteiger partial charge in [0.05, 0.1) is 12.8 Å². The lowest BCUT2D eigenvalue weighted by Crippen LogP contribution is -2.39. The molecule has 9 heteroatoms. The number of halogens is 1. The van der Waals surface area contributed by atoms with Crippen LogP contribution in [0.5, 0.6) is 0 Å². The molecule has 2 heterocycles. The SMILES string of the molecule is COC(=O)CC1CCN(S(=O)(=O)c2c(C)nn(C)c2F)CC1. The molecule has 0 saturated carbocycles. The highest BCUT2D eigenvalue weighted by Gasteiger charge is 2.35. The van der Waals surface area contributed by atoms with Crippen LogP contribution in [-0.2, 0) is 26.6 Å². The highest BCUT2D eigenvalue weighted by atomic mass is 32.2. The van der Waals surface area contributed by atoms with Crippen molar-refractivity contribution in [3.05, 3.63) is 11.6 Å². The first-order chi connectivity index (χ1) is 10.3. The highest BCUT2D eigenvalue weighted by molar-refractivity contribution is 7.89. The van der Waals surface area contributed by atoms with Gasteiger partial charge >= 0.3 is 5.97 Å². The number of aromatic nitrogens is 2. The molecule has 0 N–H and O–H groups in total. The molecule has 0 bridgehead atoms. The first kappa shape index (κ1) is 16.9. The number of hydrogen-bond donors (Lipinski definition) is 0. The molecule has 0 aromatic carbocycles. The summed E-state index contributed by atoms with van der Waals surface area (Å²) in [6.07, 6.45) is 1.38. The fraction of sp³-hybridized carbons (Fsp3) is 0.692. The fourth-order valence-electron chi connectivity index (χ4n) is 2.71. The molecule has 7 nitrogen and oxygen atoms in total. The van der Waals surface area contributed by atoms with Crippen LogP contribution in [0.25, 0.3) is 0 Å². The van der Waals surface area contributed by atoms with Crippen molar-refractivity contribution >= 4 is 16.0 Å². The molecule has 1 aliphatic rings. The van der Waals surface area contributed by atoms with Crippen LogP contribution in [0.4, 0.5) is 4.39 Å². The fourth-order valence-corrected chi connectivity index (χ4v) is 4.41. The van der Waals surface area contributed by atoms with Gasteiger partial charge in [0.15, 0.2) is 4.90 Å². The number of aryl methyl sites for hydroxylation is 2. The maximum atomic E-state index is 14.0. The molecule has 0 radical (unpaired) electrons. The van der Waals surface area contributed by atoms with Gasteiger partial charge in [-0.15, -0.1) is 0 Å². The zero-order valence-corrected chi connectivity index (χ0v) is 13.7. The molecule has 124 valence electrons. The molecule has 1 aromatic rings. The average molecular weight is 333 g/mol. The third-order valence-corrected chi connectivity index (χ3v) is 5.98. The molecular weight excluding hydrogens is 313 g/mol. The Morgan fingerprint density at radius 3 is 2.45 bits per heavy atom. The number of rotatable bonds is 4. The number of hydrogen-bond acceptors (Lipinski definition) is 5. The Bertz CT molecular complexity index is 663. The minimum absolute atomic E-state index is 0.0961. The van der Waals surface area contributed by atoms with Gasteiger partial charge in [0.1, 0.15) is 0 Å². The highest BCUT2D eigenvalue weighted by Crippen LogP contribution is 2.28. The zero-order chi connectivity index (χ0) is 16.5. The summed E-state index contributed by atoms with van der Waals surface area (Å²) in [6.45, 7) is 2.00. The summed E-state index contributed by atoms with van der Waals surface area (Å²) in [5.41, 5.74) is 0.150. The van der Waals surface area contributed by atoms with Crippen LogP contribution in [-0.4, -0.2) is 48.7 Å². The van der Waals surface area contributed by atoms with Crippen molar-refractivity contribution < 1.29 is 22.3 Å². The van der Waals surface area contributed by atoms with E-state index in [0.717, 1.165) is 4.68 Å². The van der Waals surface area contributed by atoms with Gasteiger partial charge in [0, 0.05) is 26.6 Å². The normalized spacial score (nSPS) is 17.6. The molecule has 1 fully saturated rings. The second-order valence-corrected chi connectivity index (χ2v) is 7.33. The Kier molecular flexibility index (Phi) is 4.86. The second-order valence-electron chi connectivity index (χ2n) is 5.46. The summed E-state index contributed by atoms with van der Waals surface area (Å²) >= 11 is 0. The van der Waals surface area contributed by atoms with Crippen molar-refractivity contribution in [1.29, 1.82) is 0 Å². The number of methoxy groups -OCH3 is 1. The third kappa shape index (κ3) is 3.14. The van der Waals surface area contributed by atoms with E-state index in [4.69, 9.17) is 0 Å². The summed E-state index contributed by atoms with van der Waals surface area (Å²) in [5, 5.41) is 3.81. The van der Waals surface area contributed by atoms with Crippen LogP contribution in [0.1, 0.15) is 25.0 Å². The van der Waals surface area contributed by atoms with Crippen LogP contribution < -0.4 is 0 Å². The molecule has 2 rings (SSSR count). The van der Waals surface area contributed by atoms with Gasteiger partial charge in [-0.3, -0.25) is 4.79 Å². The number of ether oxygens (including phenoxy) is 1. The van der Waals surface area contributed by atoms with E-state index in [1.807, 2.05) is 0 Å². The smallest absolute Gasteiger partial charge is 0.305 e. The van der Waals surface area contributed by atoms with E-state index in [2.05, 4.69) is 9.84 Å². The van der Waals surface area contributed by atoms with Crippen LogP contribution in [0.2, 0.25) is 0 Å². The maximum absolute atomic E-state index is 14.0. The molecule has 0 spiro atoms. The monoisotopic (exact) mass is 333 g/mol. The predicted molar refractivity (Wildman–Crippen MR) is 76.0 cm³/mol. The number of piperidine rings is 1. The van der Waals surface area contributed by atoms with Crippen LogP contribution in [0, 0.1) is 18.8 Å². The Labute approximate surface area is 129 Å². The number of carbonyl (C=O) groups is 1. The molecule has 0 unspecified atom stereocenters. The maximum Gasteiger partial charge on any atom is 0.305 e. The molecule has 1 saturated heterocycles. The quantitative estimate of drug-likeness (QED) is 0.763. The Morgan fingerprint density at radius 2 is 2.00 bits per heavy atom. The molecule has 0 amide bonds. The molecule has 1 aliphatic heterocycles. The van der Waals surface area contributed by atoms with Gasteiger partial charge < -0.3 is 4.74 Å². The van der Waals surface area contributed by atoms with Crippen molar-refractivity contribution in [2.45, 2.75) is 31.1 Å². The van der Waals surface area contributed by atoms with E-state index in [9.17, 15) is 17.6 Å². The Hall–Kier alpha value is -1.48. The third-order valence-electron chi connectivity index (χ3n) is 3.95. The van der Waals surface area contributed by atoms with Crippen molar-refractivity contribution in [1.82, 2.24) is 14.1 Å². The average Bonchev–Trinajstić information content (AvgIpc) is 2.73. The lowest BCUT2D eigenvalue weighted by atomic mass is 9.95. The lowest BCUT2D eigenvalue weighted by Gasteiger charge is -2.30. The molecular formula is C13H20FN3O4S. The number of esters is 1. The molecule has 0 aliphatic carbocycles. The summed E-state index contributed by atoms with van der Waals surface area (Å²) in [7, 11) is -1.21. The molecule has 1 aromatic heterocycles. The van der Waals surface area contributed by atoms with Gasteiger partial charge in [0.25, 0.3) is 0 Å². The van der Waals surface area contributed by atoms with Crippen molar-refractivity contribution in [2.75, 3.05) is 20.2 Å². The van der Waals surface area contributed by atoms with Crippen LogP contribution >= 0.6 is 0 Å². The Morgan fingerprint density at radius 1 is 1.41 bits per heavy atom. The first-order valence-corrected chi connectivity index (χ1v) is 8.47. The second kappa shape index (κ2) is 6.33. The summed E-state index contributed by atoms with van der Waals surface area (Å²) in [5.74, 6) is -1.05. The van der Waals surface area contributed by atoms with Gasteiger partial charge in [-0.25, -0.2) is 13.1 Å². The molecule has 0 atom stereocenters. The first-order valence-electron chi connectivity index (χ1n) is 7.03. The van der Waals surface area contributed by atoms with Gasteiger partial charge in [-0.1, -0.05) is 0 Å². The number of carbonyl (C=O) groups excluding carboxylic acids is 1. The van der Waals surface area contributed by atoms with Crippen molar-refractivity contribution in [3.8, 4) is 0 Å². The minimum Gasteiger partial charge on any atom is -0.469 e. The molecule has 22 heavy (non-hydrogen) atoms. The number of nitrogens with zero attached hydrogens (tertiary/aromatic N) is 3. The van der Waals surface area contributed by atoms with Gasteiger partial charge in [-0.2, -0.15) is 13.8 Å². The van der Waals surface area contributed by atoms with E-state index >= 15 is 0 Å². The number of sulfonamides is 1. The van der Waals surface area contributed by atoms with E-state index in [1.54, 1.807) is 0 Å². The van der Waals surface area contributed by atoms with E-state index in [0.29, 0.717) is 12.8 Å². The minimum atomic E-state index is -3.90. The largest absolute Gasteiger partial charge is 0.469 e. The van der Waals surface area contributed by atoms with Crippen molar-refractivity contribution in [2.24, 2.45) is 13.0 Å². The van der Waals surface area contributed by atoms with Crippen LogP contribution in [0.15, 0.2) is 4.90 Å². The van der Waals surface area contributed by atoms with Gasteiger partial charge in [-0.05, 0) is 25.7 Å². The van der Waals surface area contributed by atoms with Crippen molar-refractivity contribution in [3.63, 3.8) is 0 Å². The lowest BCUT2D eigenvalue weighted by molar-refractivity contribution is -0.142. The van der Waals surface area contributed by atoms with Gasteiger partial charge in [0.2, 0.25) is 16.0 Å². The van der Waals surface area contributed by atoms with E-state index in [1.165, 1.54) is 25.4 Å². The van der Waals surface area contributed by atoms with Crippen LogP contribution in [0.3, 0.4) is 0 Å². The zero-order valence-electron chi connectivity index (χ0n) is 12.9. The summed E-state index contributed by atoms with van der Waals surface area (Å²) in [4.78, 5) is 10.9. The standard InChI is InChI=1S/C13H20FN3O4S/c1-9-12(13(14)16(2)15-9)22(19,20)17-6-4-10(5-7-17)8-11(18)21-3/h10H,4-8H2,1-3H3. The Balaban J connectivity index is 2.11. The summed E-state index contributed by atoms with van der Waals surface area (Å²) < 4.78 is 45.9. The summed E-state index contributed by atoms with van der Waals surface area (Å²) in [6, 6.07) is 0. The predicted octanol–water partition coefficient (Wildman–Crippen LogP) is 0.831.